The van der Waals surface area contributed by atoms with Gasteiger partial charge in [-0.2, -0.15) is 0 Å². The summed E-state index contributed by atoms with van der Waals surface area (Å²) in [7, 11) is 0. The minimum Gasteiger partial charge on any atom is -0.444 e. The summed E-state index contributed by atoms with van der Waals surface area (Å²) in [6.07, 6.45) is 3.29. The zero-order chi connectivity index (χ0) is 20.6. The minimum absolute atomic E-state index is 0.207. The molecule has 3 N–H and O–H groups in total. The largest absolute Gasteiger partial charge is 0.444 e. The van der Waals surface area contributed by atoms with E-state index in [1.807, 2.05) is 20.8 Å². The standard InChI is InChI=1S/C20H40N6O2/c1-5-25-11-6-8-17(25)16-23-18(21)22-9-7-10-24-12-14-26(15-13-24)19(27)28-20(2,3)4/h17H,5-16H2,1-4H3,(H3,21,22,23). The van der Waals surface area contributed by atoms with Crippen molar-refractivity contribution in [3.05, 3.63) is 0 Å². The first kappa shape index (κ1) is 22.7. The average molecular weight is 397 g/mol. The number of nitrogens with two attached hydrogens (primary N) is 1. The number of hydrogen-bond acceptors (Lipinski definition) is 5. The Morgan fingerprint density at radius 2 is 1.93 bits per heavy atom. The number of carbonyl (C=O) groups excluding carboxylic acids is 1. The minimum atomic E-state index is -0.437. The third-order valence-corrected chi connectivity index (χ3v) is 5.36. The predicted octanol–water partition coefficient (Wildman–Crippen LogP) is 1.32. The fourth-order valence-corrected chi connectivity index (χ4v) is 3.78. The van der Waals surface area contributed by atoms with Gasteiger partial charge in [0.2, 0.25) is 0 Å². The van der Waals surface area contributed by atoms with E-state index in [0.717, 1.165) is 58.8 Å². The number of aliphatic imine (C=N–C) groups is 1. The summed E-state index contributed by atoms with van der Waals surface area (Å²) in [5.74, 6) is 0.553. The molecule has 0 aromatic rings. The number of likely N-dealkylation sites (N-methyl/N-ethyl adjacent to an activating group) is 1. The van der Waals surface area contributed by atoms with Gasteiger partial charge in [-0.05, 0) is 59.7 Å². The van der Waals surface area contributed by atoms with Gasteiger partial charge in [-0.25, -0.2) is 4.79 Å². The van der Waals surface area contributed by atoms with E-state index in [0.29, 0.717) is 12.0 Å². The second-order valence-electron chi connectivity index (χ2n) is 8.74. The number of piperazine rings is 1. The second-order valence-corrected chi connectivity index (χ2v) is 8.74. The quantitative estimate of drug-likeness (QED) is 0.383. The van der Waals surface area contributed by atoms with Crippen LogP contribution >= 0.6 is 0 Å². The fraction of sp³-hybridized carbons (Fsp3) is 0.900. The van der Waals surface area contributed by atoms with Crippen molar-refractivity contribution in [3.63, 3.8) is 0 Å². The fourth-order valence-electron chi connectivity index (χ4n) is 3.78. The zero-order valence-corrected chi connectivity index (χ0v) is 18.2. The van der Waals surface area contributed by atoms with Gasteiger partial charge in [0.15, 0.2) is 5.96 Å². The molecule has 2 saturated heterocycles. The van der Waals surface area contributed by atoms with Crippen molar-refractivity contribution in [2.45, 2.75) is 58.6 Å². The lowest BCUT2D eigenvalue weighted by Gasteiger charge is -2.35. The van der Waals surface area contributed by atoms with Crippen LogP contribution in [0.2, 0.25) is 0 Å². The molecule has 2 heterocycles. The summed E-state index contributed by atoms with van der Waals surface area (Å²) in [4.78, 5) is 23.3. The van der Waals surface area contributed by atoms with Gasteiger partial charge >= 0.3 is 6.09 Å². The van der Waals surface area contributed by atoms with Gasteiger partial charge in [0, 0.05) is 38.8 Å². The molecule has 0 bridgehead atoms. The monoisotopic (exact) mass is 396 g/mol. The second kappa shape index (κ2) is 10.9. The van der Waals surface area contributed by atoms with Crippen molar-refractivity contribution >= 4 is 12.1 Å². The number of guanidine groups is 1. The van der Waals surface area contributed by atoms with Gasteiger partial charge < -0.3 is 20.7 Å². The zero-order valence-electron chi connectivity index (χ0n) is 18.2. The molecule has 0 radical (unpaired) electrons. The van der Waals surface area contributed by atoms with E-state index >= 15 is 0 Å². The van der Waals surface area contributed by atoms with Crippen LogP contribution in [0.1, 0.15) is 47.0 Å². The molecule has 0 aromatic heterocycles. The van der Waals surface area contributed by atoms with Crippen molar-refractivity contribution in [1.82, 2.24) is 20.0 Å². The first-order valence-corrected chi connectivity index (χ1v) is 10.8. The maximum Gasteiger partial charge on any atom is 0.410 e. The summed E-state index contributed by atoms with van der Waals surface area (Å²) in [5.41, 5.74) is 5.57. The normalized spacial score (nSPS) is 22.5. The van der Waals surface area contributed by atoms with Crippen molar-refractivity contribution < 1.29 is 9.53 Å². The van der Waals surface area contributed by atoms with Crippen molar-refractivity contribution in [3.8, 4) is 0 Å². The highest BCUT2D eigenvalue weighted by Crippen LogP contribution is 2.16. The van der Waals surface area contributed by atoms with Crippen LogP contribution < -0.4 is 11.1 Å². The summed E-state index contributed by atoms with van der Waals surface area (Å²) < 4.78 is 5.44. The van der Waals surface area contributed by atoms with Gasteiger partial charge in [0.05, 0.1) is 6.54 Å². The molecule has 0 aliphatic carbocycles. The maximum atomic E-state index is 12.1. The van der Waals surface area contributed by atoms with Crippen LogP contribution in [0, 0.1) is 0 Å². The number of rotatable bonds is 7. The highest BCUT2D eigenvalue weighted by molar-refractivity contribution is 5.77. The van der Waals surface area contributed by atoms with Crippen LogP contribution in [-0.4, -0.2) is 97.3 Å². The summed E-state index contributed by atoms with van der Waals surface area (Å²) >= 11 is 0. The average Bonchev–Trinajstić information content (AvgIpc) is 3.10. The molecule has 0 spiro atoms. The van der Waals surface area contributed by atoms with E-state index in [1.54, 1.807) is 4.90 Å². The molecular weight excluding hydrogens is 356 g/mol. The number of likely N-dealkylation sites (tertiary alicyclic amines) is 1. The Labute approximate surface area is 170 Å². The van der Waals surface area contributed by atoms with Crippen LogP contribution in [0.3, 0.4) is 0 Å². The molecule has 8 heteroatoms. The Morgan fingerprint density at radius 1 is 1.21 bits per heavy atom. The predicted molar refractivity (Wildman–Crippen MR) is 114 cm³/mol. The van der Waals surface area contributed by atoms with Crippen molar-refractivity contribution in [1.29, 1.82) is 0 Å². The first-order chi connectivity index (χ1) is 13.3. The third kappa shape index (κ3) is 7.83. The molecule has 28 heavy (non-hydrogen) atoms. The molecule has 1 atom stereocenters. The lowest BCUT2D eigenvalue weighted by Crippen LogP contribution is -2.50. The molecule has 2 aliphatic rings. The number of ether oxygens (including phenoxy) is 1. The van der Waals surface area contributed by atoms with Crippen LogP contribution in [0.5, 0.6) is 0 Å². The number of nitrogens with one attached hydrogen (secondary N) is 1. The topological polar surface area (TPSA) is 86.4 Å². The van der Waals surface area contributed by atoms with Gasteiger partial charge in [0.25, 0.3) is 0 Å². The molecule has 2 fully saturated rings. The highest BCUT2D eigenvalue weighted by Gasteiger charge is 2.25. The Balaban J connectivity index is 1.56. The number of amides is 1. The van der Waals surface area contributed by atoms with Crippen molar-refractivity contribution in [2.75, 3.05) is 58.9 Å². The number of hydrogen-bond donors (Lipinski definition) is 2. The molecule has 2 aliphatic heterocycles. The van der Waals surface area contributed by atoms with Gasteiger partial charge in [-0.1, -0.05) is 6.92 Å². The lowest BCUT2D eigenvalue weighted by molar-refractivity contribution is 0.0145. The van der Waals surface area contributed by atoms with Crippen LogP contribution in [0.15, 0.2) is 4.99 Å². The van der Waals surface area contributed by atoms with Crippen LogP contribution in [0.4, 0.5) is 4.79 Å². The summed E-state index contributed by atoms with van der Waals surface area (Å²) in [6, 6.07) is 0.548. The van der Waals surface area contributed by atoms with E-state index in [9.17, 15) is 4.79 Å². The van der Waals surface area contributed by atoms with E-state index in [-0.39, 0.29) is 6.09 Å². The van der Waals surface area contributed by atoms with E-state index in [2.05, 4.69) is 27.0 Å². The van der Waals surface area contributed by atoms with E-state index in [4.69, 9.17) is 10.5 Å². The third-order valence-electron chi connectivity index (χ3n) is 5.36. The molecule has 1 unspecified atom stereocenters. The van der Waals surface area contributed by atoms with Gasteiger partial charge in [-0.15, -0.1) is 0 Å². The van der Waals surface area contributed by atoms with E-state index < -0.39 is 5.60 Å². The Kier molecular flexibility index (Phi) is 8.82. The molecule has 0 saturated carbocycles. The molecule has 0 aromatic carbocycles. The molecule has 1 amide bonds. The smallest absolute Gasteiger partial charge is 0.410 e. The maximum absolute atomic E-state index is 12.1. The highest BCUT2D eigenvalue weighted by atomic mass is 16.6. The molecule has 2 rings (SSSR count). The van der Waals surface area contributed by atoms with E-state index in [1.165, 1.54) is 19.4 Å². The van der Waals surface area contributed by atoms with Crippen molar-refractivity contribution in [2.24, 2.45) is 10.7 Å². The lowest BCUT2D eigenvalue weighted by atomic mass is 10.2. The van der Waals surface area contributed by atoms with Gasteiger partial charge in [0.1, 0.15) is 5.60 Å². The Hall–Kier alpha value is -1.54. The van der Waals surface area contributed by atoms with Gasteiger partial charge in [-0.3, -0.25) is 14.8 Å². The number of carbonyl (C=O) groups is 1. The van der Waals surface area contributed by atoms with Crippen LogP contribution in [0.25, 0.3) is 0 Å². The van der Waals surface area contributed by atoms with Crippen LogP contribution in [-0.2, 0) is 4.74 Å². The summed E-state index contributed by atoms with van der Waals surface area (Å²) in [6.45, 7) is 16.0. The summed E-state index contributed by atoms with van der Waals surface area (Å²) in [5, 5.41) is 3.23. The number of nitrogens with zero attached hydrogens (tertiary/aromatic N) is 4. The Bertz CT molecular complexity index is 511. The SMILES string of the molecule is CCN1CCCC1CN=C(N)NCCCN1CCN(C(=O)OC(C)(C)C)CC1. The molecular formula is C20H40N6O2. The Morgan fingerprint density at radius 3 is 2.57 bits per heavy atom. The molecule has 8 nitrogen and oxygen atoms in total. The first-order valence-electron chi connectivity index (χ1n) is 10.8. The molecule has 162 valence electrons.